The molecule has 0 saturated carbocycles. The van der Waals surface area contributed by atoms with Gasteiger partial charge in [-0.2, -0.15) is 0 Å². The van der Waals surface area contributed by atoms with Crippen molar-refractivity contribution in [2.24, 2.45) is 5.92 Å². The Balaban J connectivity index is 1.85. The lowest BCUT2D eigenvalue weighted by atomic mass is 9.99. The van der Waals surface area contributed by atoms with Gasteiger partial charge >= 0.3 is 0 Å². The molecule has 1 atom stereocenters. The van der Waals surface area contributed by atoms with Gasteiger partial charge in [-0.3, -0.25) is 9.10 Å². The lowest BCUT2D eigenvalue weighted by Gasteiger charge is -2.31. The number of halogens is 1. The van der Waals surface area contributed by atoms with E-state index in [9.17, 15) is 13.2 Å². The predicted octanol–water partition coefficient (Wildman–Crippen LogP) is 4.04. The van der Waals surface area contributed by atoms with E-state index in [1.54, 1.807) is 42.5 Å². The average Bonchev–Trinajstić information content (AvgIpc) is 2.67. The second kappa shape index (κ2) is 7.90. The molecule has 1 fully saturated rings. The molecule has 7 heteroatoms. The first-order valence-corrected chi connectivity index (χ1v) is 10.8. The summed E-state index contributed by atoms with van der Waals surface area (Å²) in [7, 11) is -2.22. The maximum atomic E-state index is 12.8. The molecule has 2 aromatic carbocycles. The van der Waals surface area contributed by atoms with Crippen molar-refractivity contribution in [2.75, 3.05) is 24.4 Å². The number of benzene rings is 2. The number of likely N-dealkylation sites (tertiary alicyclic amines) is 1. The Morgan fingerprint density at radius 1 is 1.19 bits per heavy atom. The minimum absolute atomic E-state index is 0.105. The summed E-state index contributed by atoms with van der Waals surface area (Å²) in [6.45, 7) is 3.58. The Hall–Kier alpha value is -2.05. The molecule has 2 aromatic rings. The zero-order valence-electron chi connectivity index (χ0n) is 15.4. The summed E-state index contributed by atoms with van der Waals surface area (Å²) in [6, 6.07) is 13.0. The molecule has 1 amide bonds. The standard InChI is InChI=1S/C20H23ClN2O3S/c1-15-7-6-12-23(14-15)20(24)18-11-10-16(13-19(18)21)22(2)27(25,26)17-8-4-3-5-9-17/h3-5,8-11,13,15H,6-7,12,14H2,1-2H3/t15-/m1/s1. The fourth-order valence-corrected chi connectivity index (χ4v) is 4.77. The number of sulfonamides is 1. The third-order valence-electron chi connectivity index (χ3n) is 4.89. The summed E-state index contributed by atoms with van der Waals surface area (Å²) in [5.41, 5.74) is 0.812. The Morgan fingerprint density at radius 2 is 1.89 bits per heavy atom. The highest BCUT2D eigenvalue weighted by Gasteiger charge is 2.25. The number of hydrogen-bond donors (Lipinski definition) is 0. The summed E-state index contributed by atoms with van der Waals surface area (Å²) in [6.07, 6.45) is 2.11. The first kappa shape index (κ1) is 19.7. The molecular formula is C20H23ClN2O3S. The van der Waals surface area contributed by atoms with Crippen molar-refractivity contribution in [3.63, 3.8) is 0 Å². The Morgan fingerprint density at radius 3 is 2.52 bits per heavy atom. The van der Waals surface area contributed by atoms with Crippen molar-refractivity contribution < 1.29 is 13.2 Å². The number of nitrogens with zero attached hydrogens (tertiary/aromatic N) is 2. The number of carbonyl (C=O) groups excluding carboxylic acids is 1. The second-order valence-electron chi connectivity index (χ2n) is 6.95. The second-order valence-corrected chi connectivity index (χ2v) is 9.32. The Kier molecular flexibility index (Phi) is 5.77. The number of hydrogen-bond acceptors (Lipinski definition) is 3. The monoisotopic (exact) mass is 406 g/mol. The van der Waals surface area contributed by atoms with E-state index in [1.807, 2.05) is 4.90 Å². The largest absolute Gasteiger partial charge is 0.338 e. The highest BCUT2D eigenvalue weighted by molar-refractivity contribution is 7.92. The van der Waals surface area contributed by atoms with Gasteiger partial charge in [-0.15, -0.1) is 0 Å². The third kappa shape index (κ3) is 4.12. The van der Waals surface area contributed by atoms with Gasteiger partial charge in [0.2, 0.25) is 0 Å². The van der Waals surface area contributed by atoms with E-state index in [2.05, 4.69) is 6.92 Å². The van der Waals surface area contributed by atoms with Crippen LogP contribution in [-0.2, 0) is 10.0 Å². The van der Waals surface area contributed by atoms with Gasteiger partial charge in [-0.1, -0.05) is 36.7 Å². The number of anilines is 1. The van der Waals surface area contributed by atoms with Crippen molar-refractivity contribution >= 4 is 33.2 Å². The highest BCUT2D eigenvalue weighted by Crippen LogP contribution is 2.28. The van der Waals surface area contributed by atoms with Gasteiger partial charge in [-0.05, 0) is 49.1 Å². The number of piperidine rings is 1. The normalized spacial score (nSPS) is 17.6. The van der Waals surface area contributed by atoms with Crippen LogP contribution in [0.5, 0.6) is 0 Å². The molecule has 1 aliphatic rings. The maximum absolute atomic E-state index is 12.8. The Bertz CT molecular complexity index is 931. The lowest BCUT2D eigenvalue weighted by Crippen LogP contribution is -2.39. The van der Waals surface area contributed by atoms with Gasteiger partial charge < -0.3 is 4.90 Å². The van der Waals surface area contributed by atoms with Crippen LogP contribution < -0.4 is 4.31 Å². The van der Waals surface area contributed by atoms with Crippen molar-refractivity contribution in [2.45, 2.75) is 24.7 Å². The smallest absolute Gasteiger partial charge is 0.264 e. The van der Waals surface area contributed by atoms with Crippen LogP contribution in [-0.4, -0.2) is 39.4 Å². The molecule has 3 rings (SSSR count). The summed E-state index contributed by atoms with van der Waals surface area (Å²) in [5, 5.41) is 0.255. The molecule has 1 saturated heterocycles. The minimum atomic E-state index is -3.69. The molecule has 144 valence electrons. The summed E-state index contributed by atoms with van der Waals surface area (Å²) in [4.78, 5) is 14.8. The van der Waals surface area contributed by atoms with Crippen LogP contribution in [0, 0.1) is 5.92 Å². The average molecular weight is 407 g/mol. The van der Waals surface area contributed by atoms with E-state index in [-0.39, 0.29) is 15.8 Å². The van der Waals surface area contributed by atoms with E-state index in [4.69, 9.17) is 11.6 Å². The molecule has 0 aliphatic carbocycles. The summed E-state index contributed by atoms with van der Waals surface area (Å²) < 4.78 is 26.7. The number of carbonyl (C=O) groups is 1. The van der Waals surface area contributed by atoms with Crippen molar-refractivity contribution in [1.82, 2.24) is 4.90 Å². The fraction of sp³-hybridized carbons (Fsp3) is 0.350. The van der Waals surface area contributed by atoms with Crippen LogP contribution in [0.2, 0.25) is 5.02 Å². The zero-order valence-corrected chi connectivity index (χ0v) is 17.0. The van der Waals surface area contributed by atoms with Gasteiger partial charge in [0.25, 0.3) is 15.9 Å². The topological polar surface area (TPSA) is 57.7 Å². The zero-order chi connectivity index (χ0) is 19.6. The maximum Gasteiger partial charge on any atom is 0.264 e. The molecule has 0 bridgehead atoms. The molecule has 0 N–H and O–H groups in total. The van der Waals surface area contributed by atoms with Gasteiger partial charge in [0, 0.05) is 20.1 Å². The molecule has 1 aliphatic heterocycles. The van der Waals surface area contributed by atoms with E-state index in [0.29, 0.717) is 17.2 Å². The molecule has 0 radical (unpaired) electrons. The highest BCUT2D eigenvalue weighted by atomic mass is 35.5. The van der Waals surface area contributed by atoms with Gasteiger partial charge in [-0.25, -0.2) is 8.42 Å². The fourth-order valence-electron chi connectivity index (χ4n) is 3.31. The molecule has 0 unspecified atom stereocenters. The van der Waals surface area contributed by atoms with Gasteiger partial charge in [0.15, 0.2) is 0 Å². The molecule has 0 spiro atoms. The van der Waals surface area contributed by atoms with E-state index in [1.165, 1.54) is 17.4 Å². The van der Waals surface area contributed by atoms with Crippen molar-refractivity contribution in [3.05, 3.63) is 59.1 Å². The number of rotatable bonds is 4. The molecule has 5 nitrogen and oxygen atoms in total. The van der Waals surface area contributed by atoms with Crippen molar-refractivity contribution in [1.29, 1.82) is 0 Å². The molecule has 1 heterocycles. The molecule has 27 heavy (non-hydrogen) atoms. The van der Waals surface area contributed by atoms with Crippen LogP contribution in [0.3, 0.4) is 0 Å². The van der Waals surface area contributed by atoms with E-state index < -0.39 is 10.0 Å². The molecule has 0 aromatic heterocycles. The van der Waals surface area contributed by atoms with E-state index >= 15 is 0 Å². The summed E-state index contributed by atoms with van der Waals surface area (Å²) >= 11 is 6.35. The lowest BCUT2D eigenvalue weighted by molar-refractivity contribution is 0.0683. The van der Waals surface area contributed by atoms with Gasteiger partial charge in [0.1, 0.15) is 0 Å². The van der Waals surface area contributed by atoms with Crippen LogP contribution >= 0.6 is 11.6 Å². The van der Waals surface area contributed by atoms with Crippen LogP contribution in [0.15, 0.2) is 53.4 Å². The van der Waals surface area contributed by atoms with Gasteiger partial charge in [0.05, 0.1) is 21.2 Å². The van der Waals surface area contributed by atoms with Crippen LogP contribution in [0.25, 0.3) is 0 Å². The summed E-state index contributed by atoms with van der Waals surface area (Å²) in [5.74, 6) is 0.370. The first-order valence-electron chi connectivity index (χ1n) is 8.93. The minimum Gasteiger partial charge on any atom is -0.338 e. The Labute approximate surface area is 165 Å². The quantitative estimate of drug-likeness (QED) is 0.769. The first-order chi connectivity index (χ1) is 12.8. The van der Waals surface area contributed by atoms with Crippen molar-refractivity contribution in [3.8, 4) is 0 Å². The molecular weight excluding hydrogens is 384 g/mol. The SMILES string of the molecule is C[C@@H]1CCCN(C(=O)c2ccc(N(C)S(=O)(=O)c3ccccc3)cc2Cl)C1. The third-order valence-corrected chi connectivity index (χ3v) is 7.01. The van der Waals surface area contributed by atoms with Crippen LogP contribution in [0.4, 0.5) is 5.69 Å². The van der Waals surface area contributed by atoms with Crippen LogP contribution in [0.1, 0.15) is 30.1 Å². The number of amides is 1. The van der Waals surface area contributed by atoms with E-state index in [0.717, 1.165) is 25.9 Å². The predicted molar refractivity (Wildman–Crippen MR) is 108 cm³/mol.